The molecule has 1 fully saturated rings. The van der Waals surface area contributed by atoms with Crippen molar-refractivity contribution >= 4 is 11.8 Å². The first-order valence-electron chi connectivity index (χ1n) is 9.43. The Hall–Kier alpha value is -2.04. The van der Waals surface area contributed by atoms with E-state index in [1.807, 2.05) is 35.8 Å². The minimum Gasteiger partial charge on any atom is -0.491 e. The zero-order valence-electron chi connectivity index (χ0n) is 15.3. The van der Waals surface area contributed by atoms with Crippen LogP contribution in [0.15, 0.2) is 18.2 Å². The van der Waals surface area contributed by atoms with Gasteiger partial charge in [0, 0.05) is 37.5 Å². The van der Waals surface area contributed by atoms with Gasteiger partial charge in [-0.3, -0.25) is 9.59 Å². The Morgan fingerprint density at radius 3 is 2.68 bits per heavy atom. The van der Waals surface area contributed by atoms with Crippen molar-refractivity contribution in [1.29, 1.82) is 0 Å². The third-order valence-corrected chi connectivity index (χ3v) is 5.09. The molecule has 2 aliphatic rings. The molecule has 136 valence electrons. The second-order valence-electron chi connectivity index (χ2n) is 6.89. The van der Waals surface area contributed by atoms with Gasteiger partial charge in [0.2, 0.25) is 11.8 Å². The predicted molar refractivity (Wildman–Crippen MR) is 96.3 cm³/mol. The van der Waals surface area contributed by atoms with E-state index in [0.717, 1.165) is 49.2 Å². The van der Waals surface area contributed by atoms with Crippen molar-refractivity contribution in [1.82, 2.24) is 9.80 Å². The SMILES string of the molecule is CCN(CC)C(=O)CCc1ccc2c(c1)CN(C(=O)C1CC1)CCO2. The fourth-order valence-electron chi connectivity index (χ4n) is 3.37. The lowest BCUT2D eigenvalue weighted by atomic mass is 10.0. The van der Waals surface area contributed by atoms with E-state index in [4.69, 9.17) is 4.74 Å². The van der Waals surface area contributed by atoms with Gasteiger partial charge in [0.15, 0.2) is 0 Å². The normalized spacial score (nSPS) is 16.6. The molecule has 3 rings (SSSR count). The van der Waals surface area contributed by atoms with Crippen molar-refractivity contribution in [2.24, 2.45) is 5.92 Å². The zero-order valence-corrected chi connectivity index (χ0v) is 15.3. The first-order chi connectivity index (χ1) is 12.1. The Labute approximate surface area is 149 Å². The fraction of sp³-hybridized carbons (Fsp3) is 0.600. The monoisotopic (exact) mass is 344 g/mol. The van der Waals surface area contributed by atoms with Crippen molar-refractivity contribution in [2.45, 2.75) is 46.1 Å². The molecule has 0 radical (unpaired) electrons. The quantitative estimate of drug-likeness (QED) is 0.797. The Balaban J connectivity index is 1.66. The molecule has 0 atom stereocenters. The lowest BCUT2D eigenvalue weighted by Gasteiger charge is -2.20. The molecule has 5 nitrogen and oxygen atoms in total. The molecular formula is C20H28N2O3. The van der Waals surface area contributed by atoms with Crippen LogP contribution in [0, 0.1) is 5.92 Å². The summed E-state index contributed by atoms with van der Waals surface area (Å²) in [5.41, 5.74) is 2.18. The van der Waals surface area contributed by atoms with Crippen LogP contribution in [0.3, 0.4) is 0 Å². The maximum absolute atomic E-state index is 12.4. The lowest BCUT2D eigenvalue weighted by molar-refractivity contribution is -0.133. The summed E-state index contributed by atoms with van der Waals surface area (Å²) in [5, 5.41) is 0. The Kier molecular flexibility index (Phi) is 5.61. The summed E-state index contributed by atoms with van der Waals surface area (Å²) < 4.78 is 5.81. The first kappa shape index (κ1) is 17.8. The predicted octanol–water partition coefficient (Wildman–Crippen LogP) is 2.62. The van der Waals surface area contributed by atoms with Crippen LogP contribution in [0.5, 0.6) is 5.75 Å². The van der Waals surface area contributed by atoms with Crippen molar-refractivity contribution in [3.8, 4) is 5.75 Å². The molecule has 0 spiro atoms. The number of carbonyl (C=O) groups is 2. The van der Waals surface area contributed by atoms with Crippen LogP contribution in [0.4, 0.5) is 0 Å². The van der Waals surface area contributed by atoms with Crippen molar-refractivity contribution in [3.63, 3.8) is 0 Å². The molecule has 2 amide bonds. The molecule has 1 aromatic rings. The number of hydrogen-bond donors (Lipinski definition) is 0. The summed E-state index contributed by atoms with van der Waals surface area (Å²) >= 11 is 0. The number of hydrogen-bond acceptors (Lipinski definition) is 3. The fourth-order valence-corrected chi connectivity index (χ4v) is 3.37. The van der Waals surface area contributed by atoms with Gasteiger partial charge in [-0.25, -0.2) is 0 Å². The maximum atomic E-state index is 12.4. The first-order valence-corrected chi connectivity index (χ1v) is 9.43. The third-order valence-electron chi connectivity index (χ3n) is 5.09. The molecule has 1 heterocycles. The van der Waals surface area contributed by atoms with Gasteiger partial charge in [0.05, 0.1) is 6.54 Å². The van der Waals surface area contributed by atoms with Crippen LogP contribution in [0.2, 0.25) is 0 Å². The van der Waals surface area contributed by atoms with E-state index in [1.165, 1.54) is 0 Å². The summed E-state index contributed by atoms with van der Waals surface area (Å²) in [4.78, 5) is 28.4. The van der Waals surface area contributed by atoms with E-state index in [2.05, 4.69) is 6.07 Å². The van der Waals surface area contributed by atoms with Gasteiger partial charge in [0.25, 0.3) is 0 Å². The van der Waals surface area contributed by atoms with Crippen LogP contribution < -0.4 is 4.74 Å². The molecule has 1 saturated carbocycles. The van der Waals surface area contributed by atoms with Crippen molar-refractivity contribution in [3.05, 3.63) is 29.3 Å². The number of fused-ring (bicyclic) bond motifs is 1. The molecule has 0 saturated heterocycles. The standard InChI is InChI=1S/C20H28N2O3/c1-3-21(4-2)19(23)10-6-15-5-9-18-17(13-15)14-22(11-12-25-18)20(24)16-7-8-16/h5,9,13,16H,3-4,6-8,10-12,14H2,1-2H3. The Morgan fingerprint density at radius 1 is 1.24 bits per heavy atom. The topological polar surface area (TPSA) is 49.9 Å². The smallest absolute Gasteiger partial charge is 0.226 e. The number of nitrogens with zero attached hydrogens (tertiary/aromatic N) is 2. The van der Waals surface area contributed by atoms with Crippen LogP contribution >= 0.6 is 0 Å². The minimum atomic E-state index is 0.196. The average molecular weight is 344 g/mol. The molecule has 0 unspecified atom stereocenters. The molecule has 25 heavy (non-hydrogen) atoms. The van der Waals surface area contributed by atoms with Gasteiger partial charge in [-0.15, -0.1) is 0 Å². The highest BCUT2D eigenvalue weighted by Gasteiger charge is 2.34. The van der Waals surface area contributed by atoms with E-state index in [1.54, 1.807) is 0 Å². The van der Waals surface area contributed by atoms with Crippen LogP contribution in [0.1, 0.15) is 44.2 Å². The maximum Gasteiger partial charge on any atom is 0.226 e. The number of ether oxygens (including phenoxy) is 1. The molecule has 1 aliphatic heterocycles. The van der Waals surface area contributed by atoms with Crippen LogP contribution in [-0.2, 0) is 22.6 Å². The highest BCUT2D eigenvalue weighted by Crippen LogP contribution is 2.33. The summed E-state index contributed by atoms with van der Waals surface area (Å²) in [6.45, 7) is 7.34. The van der Waals surface area contributed by atoms with Gasteiger partial charge < -0.3 is 14.5 Å². The highest BCUT2D eigenvalue weighted by atomic mass is 16.5. The average Bonchev–Trinajstić information content (AvgIpc) is 3.46. The zero-order chi connectivity index (χ0) is 17.8. The van der Waals surface area contributed by atoms with Gasteiger partial charge in [-0.2, -0.15) is 0 Å². The van der Waals surface area contributed by atoms with Gasteiger partial charge >= 0.3 is 0 Å². The molecule has 0 bridgehead atoms. The van der Waals surface area contributed by atoms with E-state index < -0.39 is 0 Å². The van der Waals surface area contributed by atoms with E-state index in [0.29, 0.717) is 26.1 Å². The molecule has 1 aromatic carbocycles. The van der Waals surface area contributed by atoms with Crippen LogP contribution in [0.25, 0.3) is 0 Å². The summed E-state index contributed by atoms with van der Waals surface area (Å²) in [5.74, 6) is 1.56. The van der Waals surface area contributed by atoms with Crippen molar-refractivity contribution < 1.29 is 14.3 Å². The van der Waals surface area contributed by atoms with Crippen molar-refractivity contribution in [2.75, 3.05) is 26.2 Å². The molecule has 0 aromatic heterocycles. The molecular weight excluding hydrogens is 316 g/mol. The van der Waals surface area contributed by atoms with E-state index in [9.17, 15) is 9.59 Å². The van der Waals surface area contributed by atoms with Gasteiger partial charge in [0.1, 0.15) is 12.4 Å². The second-order valence-corrected chi connectivity index (χ2v) is 6.89. The molecule has 5 heteroatoms. The largest absolute Gasteiger partial charge is 0.491 e. The lowest BCUT2D eigenvalue weighted by Crippen LogP contribution is -2.33. The number of aryl methyl sites for hydroxylation is 1. The Morgan fingerprint density at radius 2 is 2.00 bits per heavy atom. The van der Waals surface area contributed by atoms with Crippen LogP contribution in [-0.4, -0.2) is 47.9 Å². The molecule has 1 aliphatic carbocycles. The number of carbonyl (C=O) groups excluding carboxylic acids is 2. The van der Waals surface area contributed by atoms with Gasteiger partial charge in [-0.1, -0.05) is 12.1 Å². The summed E-state index contributed by atoms with van der Waals surface area (Å²) in [6.07, 6.45) is 3.29. The number of rotatable bonds is 6. The second kappa shape index (κ2) is 7.89. The van der Waals surface area contributed by atoms with E-state index in [-0.39, 0.29) is 17.7 Å². The summed E-state index contributed by atoms with van der Waals surface area (Å²) in [6, 6.07) is 6.12. The highest BCUT2D eigenvalue weighted by molar-refractivity contribution is 5.81. The number of amides is 2. The van der Waals surface area contributed by atoms with E-state index >= 15 is 0 Å². The minimum absolute atomic E-state index is 0.196. The Bertz CT molecular complexity index is 636. The number of benzene rings is 1. The van der Waals surface area contributed by atoms with Gasteiger partial charge in [-0.05, 0) is 44.7 Å². The molecule has 0 N–H and O–H groups in total. The third kappa shape index (κ3) is 4.33. The summed E-state index contributed by atoms with van der Waals surface area (Å²) in [7, 11) is 0.